The maximum atomic E-state index is 13.2. The lowest BCUT2D eigenvalue weighted by atomic mass is 9.90. The van der Waals surface area contributed by atoms with Crippen LogP contribution in [-0.4, -0.2) is 65.8 Å². The van der Waals surface area contributed by atoms with Gasteiger partial charge in [-0.05, 0) is 52.6 Å². The van der Waals surface area contributed by atoms with E-state index in [2.05, 4.69) is 45.5 Å². The number of piperazine rings is 1. The predicted octanol–water partition coefficient (Wildman–Crippen LogP) is 3.26. The van der Waals surface area contributed by atoms with Gasteiger partial charge in [0, 0.05) is 51.7 Å². The van der Waals surface area contributed by atoms with E-state index in [-0.39, 0.29) is 17.2 Å². The molecular weight excluding hydrogens is 406 g/mol. The molecule has 2 aromatic rings. The van der Waals surface area contributed by atoms with E-state index in [1.165, 1.54) is 5.56 Å². The SMILES string of the molecule is O=C(Cc1ccsc1)N1CCC2(CC1)C[C@@H]2C(=O)N1CCN(Cc2ccccc2)CC1. The highest BCUT2D eigenvalue weighted by Gasteiger charge is 2.59. The highest BCUT2D eigenvalue weighted by atomic mass is 32.1. The smallest absolute Gasteiger partial charge is 0.227 e. The van der Waals surface area contributed by atoms with Crippen LogP contribution in [-0.2, 0) is 22.6 Å². The molecule has 1 atom stereocenters. The van der Waals surface area contributed by atoms with E-state index in [4.69, 9.17) is 0 Å². The van der Waals surface area contributed by atoms with Gasteiger partial charge in [-0.3, -0.25) is 14.5 Å². The minimum absolute atomic E-state index is 0.164. The Hall–Kier alpha value is -2.18. The Morgan fingerprint density at radius 3 is 2.32 bits per heavy atom. The number of rotatable bonds is 5. The lowest BCUT2D eigenvalue weighted by Gasteiger charge is -2.36. The molecule has 0 radical (unpaired) electrons. The fourth-order valence-corrected chi connectivity index (χ4v) is 5.99. The molecular formula is C25H31N3O2S. The van der Waals surface area contributed by atoms with Crippen LogP contribution in [0.3, 0.4) is 0 Å². The summed E-state index contributed by atoms with van der Waals surface area (Å²) in [5.74, 6) is 0.769. The Bertz CT molecular complexity index is 898. The zero-order valence-corrected chi connectivity index (χ0v) is 18.9. The van der Waals surface area contributed by atoms with Crippen LogP contribution < -0.4 is 0 Å². The van der Waals surface area contributed by atoms with E-state index >= 15 is 0 Å². The van der Waals surface area contributed by atoms with Crippen molar-refractivity contribution in [1.29, 1.82) is 0 Å². The van der Waals surface area contributed by atoms with Gasteiger partial charge in [0.05, 0.1) is 6.42 Å². The van der Waals surface area contributed by atoms with Crippen molar-refractivity contribution in [2.24, 2.45) is 11.3 Å². The van der Waals surface area contributed by atoms with Crippen molar-refractivity contribution in [3.05, 3.63) is 58.3 Å². The van der Waals surface area contributed by atoms with Gasteiger partial charge in [-0.2, -0.15) is 11.3 Å². The number of hydrogen-bond donors (Lipinski definition) is 0. The molecule has 1 aliphatic carbocycles. The number of piperidine rings is 1. The Morgan fingerprint density at radius 1 is 0.903 bits per heavy atom. The standard InChI is InChI=1S/C25H31N3O2S/c29-23(16-21-6-15-31-19-21)27-9-7-25(8-10-27)17-22(25)24(30)28-13-11-26(12-14-28)18-20-4-2-1-3-5-20/h1-6,15,19,22H,7-14,16-18H2/t22-/m1/s1. The normalized spacial score (nSPS) is 23.2. The summed E-state index contributed by atoms with van der Waals surface area (Å²) in [5, 5.41) is 4.08. The van der Waals surface area contributed by atoms with E-state index in [1.807, 2.05) is 16.3 Å². The number of benzene rings is 1. The molecule has 0 N–H and O–H groups in total. The molecule has 3 fully saturated rings. The molecule has 1 aromatic carbocycles. The molecule has 2 aliphatic heterocycles. The van der Waals surface area contributed by atoms with Gasteiger partial charge in [0.1, 0.15) is 0 Å². The van der Waals surface area contributed by atoms with Gasteiger partial charge < -0.3 is 9.80 Å². The first kappa shape index (κ1) is 20.7. The monoisotopic (exact) mass is 437 g/mol. The third kappa shape index (κ3) is 4.55. The third-order valence-electron chi connectivity index (χ3n) is 7.47. The fourth-order valence-electron chi connectivity index (χ4n) is 5.32. The van der Waals surface area contributed by atoms with E-state index in [0.717, 1.165) is 70.6 Å². The molecule has 31 heavy (non-hydrogen) atoms. The zero-order chi connectivity index (χ0) is 21.3. The number of carbonyl (C=O) groups is 2. The van der Waals surface area contributed by atoms with Gasteiger partial charge in [0.15, 0.2) is 0 Å². The van der Waals surface area contributed by atoms with E-state index in [1.54, 1.807) is 11.3 Å². The second kappa shape index (κ2) is 8.75. The Kier molecular flexibility index (Phi) is 5.85. The number of nitrogens with zero attached hydrogens (tertiary/aromatic N) is 3. The van der Waals surface area contributed by atoms with Gasteiger partial charge >= 0.3 is 0 Å². The van der Waals surface area contributed by atoms with Crippen LogP contribution >= 0.6 is 11.3 Å². The summed E-state index contributed by atoms with van der Waals surface area (Å²) in [7, 11) is 0. The summed E-state index contributed by atoms with van der Waals surface area (Å²) in [6, 6.07) is 12.6. The van der Waals surface area contributed by atoms with Gasteiger partial charge in [-0.25, -0.2) is 0 Å². The molecule has 3 aliphatic rings. The van der Waals surface area contributed by atoms with Crippen LogP contribution in [0.1, 0.15) is 30.4 Å². The lowest BCUT2D eigenvalue weighted by molar-refractivity contribution is -0.136. The largest absolute Gasteiger partial charge is 0.342 e. The number of amides is 2. The van der Waals surface area contributed by atoms with Crippen LogP contribution in [0.25, 0.3) is 0 Å². The first-order valence-corrected chi connectivity index (χ1v) is 12.4. The summed E-state index contributed by atoms with van der Waals surface area (Å²) in [5.41, 5.74) is 2.61. The molecule has 1 saturated carbocycles. The molecule has 5 rings (SSSR count). The maximum Gasteiger partial charge on any atom is 0.227 e. The molecule has 2 saturated heterocycles. The van der Waals surface area contributed by atoms with Crippen molar-refractivity contribution in [3.63, 3.8) is 0 Å². The molecule has 164 valence electrons. The van der Waals surface area contributed by atoms with Crippen molar-refractivity contribution in [2.45, 2.75) is 32.2 Å². The first-order valence-electron chi connectivity index (χ1n) is 11.5. The van der Waals surface area contributed by atoms with E-state index < -0.39 is 0 Å². The van der Waals surface area contributed by atoms with Crippen LogP contribution in [0.4, 0.5) is 0 Å². The second-order valence-electron chi connectivity index (χ2n) is 9.40. The van der Waals surface area contributed by atoms with E-state index in [9.17, 15) is 9.59 Å². The maximum absolute atomic E-state index is 13.2. The molecule has 5 nitrogen and oxygen atoms in total. The molecule has 2 amide bonds. The topological polar surface area (TPSA) is 43.9 Å². The summed E-state index contributed by atoms with van der Waals surface area (Å²) in [6.07, 6.45) is 3.48. The predicted molar refractivity (Wildman–Crippen MR) is 123 cm³/mol. The number of hydrogen-bond acceptors (Lipinski definition) is 4. The first-order chi connectivity index (χ1) is 15.1. The van der Waals surface area contributed by atoms with Crippen molar-refractivity contribution < 1.29 is 9.59 Å². The summed E-state index contributed by atoms with van der Waals surface area (Å²) in [4.78, 5) is 32.3. The summed E-state index contributed by atoms with van der Waals surface area (Å²) >= 11 is 1.64. The summed E-state index contributed by atoms with van der Waals surface area (Å²) in [6.45, 7) is 6.14. The highest BCUT2D eigenvalue weighted by Crippen LogP contribution is 2.60. The van der Waals surface area contributed by atoms with Crippen molar-refractivity contribution in [1.82, 2.24) is 14.7 Å². The quantitative estimate of drug-likeness (QED) is 0.721. The van der Waals surface area contributed by atoms with Crippen LogP contribution in [0.5, 0.6) is 0 Å². The van der Waals surface area contributed by atoms with Gasteiger partial charge in [-0.1, -0.05) is 30.3 Å². The van der Waals surface area contributed by atoms with Gasteiger partial charge in [-0.15, -0.1) is 0 Å². The number of thiophene rings is 1. The van der Waals surface area contributed by atoms with Gasteiger partial charge in [0.2, 0.25) is 11.8 Å². The summed E-state index contributed by atoms with van der Waals surface area (Å²) < 4.78 is 0. The number of carbonyl (C=O) groups excluding carboxylic acids is 2. The molecule has 0 unspecified atom stereocenters. The zero-order valence-electron chi connectivity index (χ0n) is 18.0. The Morgan fingerprint density at radius 2 is 1.65 bits per heavy atom. The minimum atomic E-state index is 0.164. The minimum Gasteiger partial charge on any atom is -0.342 e. The molecule has 3 heterocycles. The van der Waals surface area contributed by atoms with Crippen molar-refractivity contribution in [2.75, 3.05) is 39.3 Å². The lowest BCUT2D eigenvalue weighted by Crippen LogP contribution is -2.49. The Labute approximate surface area is 188 Å². The van der Waals surface area contributed by atoms with Crippen LogP contribution in [0.15, 0.2) is 47.2 Å². The fraction of sp³-hybridized carbons (Fsp3) is 0.520. The van der Waals surface area contributed by atoms with Crippen molar-refractivity contribution in [3.8, 4) is 0 Å². The van der Waals surface area contributed by atoms with E-state index in [0.29, 0.717) is 12.3 Å². The Balaban J connectivity index is 1.07. The third-order valence-corrected chi connectivity index (χ3v) is 8.20. The molecule has 0 bridgehead atoms. The molecule has 1 spiro atoms. The highest BCUT2D eigenvalue weighted by molar-refractivity contribution is 7.08. The average molecular weight is 438 g/mol. The molecule has 1 aromatic heterocycles. The van der Waals surface area contributed by atoms with Gasteiger partial charge in [0.25, 0.3) is 0 Å². The average Bonchev–Trinajstić information content (AvgIpc) is 3.23. The van der Waals surface area contributed by atoms with Crippen LogP contribution in [0.2, 0.25) is 0 Å². The molecule has 6 heteroatoms. The van der Waals surface area contributed by atoms with Crippen LogP contribution in [0, 0.1) is 11.3 Å². The van der Waals surface area contributed by atoms with Crippen molar-refractivity contribution >= 4 is 23.2 Å². The number of likely N-dealkylation sites (tertiary alicyclic amines) is 1. The second-order valence-corrected chi connectivity index (χ2v) is 10.2.